The fourth-order valence-electron chi connectivity index (χ4n) is 2.24. The Hall–Kier alpha value is -2.41. The normalized spacial score (nSPS) is 11.3. The van der Waals surface area contributed by atoms with E-state index in [1.54, 1.807) is 31.3 Å². The van der Waals surface area contributed by atoms with E-state index in [9.17, 15) is 9.59 Å². The Morgan fingerprint density at radius 1 is 1.23 bits per heavy atom. The number of hydrogen-bond donors (Lipinski definition) is 1. The Kier molecular flexibility index (Phi) is 6.37. The first-order valence-corrected chi connectivity index (χ1v) is 8.65. The maximum absolute atomic E-state index is 12.2. The standard InChI is InChI=1S/C18H23ClN4O3/c1-18(2,3)21-14(24)11-23(4)16(25)10-9-15-20-17(22-26-15)12-5-7-13(19)8-6-12/h5-8H,9-11H2,1-4H3,(H,21,24). The molecule has 0 aliphatic heterocycles. The molecule has 0 saturated carbocycles. The van der Waals surface area contributed by atoms with E-state index >= 15 is 0 Å². The van der Waals surface area contributed by atoms with Gasteiger partial charge in [-0.1, -0.05) is 16.8 Å². The molecule has 1 aromatic carbocycles. The summed E-state index contributed by atoms with van der Waals surface area (Å²) in [5.41, 5.74) is 0.453. The van der Waals surface area contributed by atoms with Crippen molar-refractivity contribution in [1.82, 2.24) is 20.4 Å². The summed E-state index contributed by atoms with van der Waals surface area (Å²) in [6, 6.07) is 7.08. The van der Waals surface area contributed by atoms with Gasteiger partial charge in [0.05, 0.1) is 6.54 Å². The van der Waals surface area contributed by atoms with Crippen LogP contribution in [0, 0.1) is 0 Å². The Morgan fingerprint density at radius 2 is 1.88 bits per heavy atom. The average Bonchev–Trinajstić information content (AvgIpc) is 3.00. The molecule has 1 aromatic heterocycles. The van der Waals surface area contributed by atoms with E-state index < -0.39 is 0 Å². The molecule has 0 atom stereocenters. The molecule has 26 heavy (non-hydrogen) atoms. The highest BCUT2D eigenvalue weighted by Crippen LogP contribution is 2.19. The smallest absolute Gasteiger partial charge is 0.240 e. The molecule has 2 rings (SSSR count). The van der Waals surface area contributed by atoms with Crippen LogP contribution < -0.4 is 5.32 Å². The van der Waals surface area contributed by atoms with Crippen LogP contribution in [-0.2, 0) is 16.0 Å². The number of aryl methyl sites for hydroxylation is 1. The summed E-state index contributed by atoms with van der Waals surface area (Å²) in [6.45, 7) is 5.68. The van der Waals surface area contributed by atoms with Gasteiger partial charge in [0.15, 0.2) is 0 Å². The van der Waals surface area contributed by atoms with Gasteiger partial charge in [-0.15, -0.1) is 0 Å². The summed E-state index contributed by atoms with van der Waals surface area (Å²) in [5.74, 6) is 0.453. The number of likely N-dealkylation sites (N-methyl/N-ethyl adjacent to an activating group) is 1. The van der Waals surface area contributed by atoms with Crippen molar-refractivity contribution in [1.29, 1.82) is 0 Å². The molecular weight excluding hydrogens is 356 g/mol. The van der Waals surface area contributed by atoms with Gasteiger partial charge in [-0.05, 0) is 45.0 Å². The third-order valence-electron chi connectivity index (χ3n) is 3.44. The summed E-state index contributed by atoms with van der Waals surface area (Å²) in [5, 5.41) is 7.36. The van der Waals surface area contributed by atoms with E-state index in [1.807, 2.05) is 20.8 Å². The van der Waals surface area contributed by atoms with Crippen LogP contribution in [0.5, 0.6) is 0 Å². The lowest BCUT2D eigenvalue weighted by atomic mass is 10.1. The molecule has 0 aliphatic rings. The van der Waals surface area contributed by atoms with Crippen molar-refractivity contribution < 1.29 is 14.1 Å². The number of aromatic nitrogens is 2. The molecule has 2 amide bonds. The number of nitrogens with one attached hydrogen (secondary N) is 1. The zero-order valence-corrected chi connectivity index (χ0v) is 16.1. The van der Waals surface area contributed by atoms with Crippen LogP contribution in [0.1, 0.15) is 33.1 Å². The van der Waals surface area contributed by atoms with E-state index in [2.05, 4.69) is 15.5 Å². The van der Waals surface area contributed by atoms with Crippen LogP contribution in [0.3, 0.4) is 0 Å². The quantitative estimate of drug-likeness (QED) is 0.834. The second-order valence-corrected chi connectivity index (χ2v) is 7.50. The lowest BCUT2D eigenvalue weighted by Gasteiger charge is -2.23. The molecule has 0 radical (unpaired) electrons. The van der Waals surface area contributed by atoms with Gasteiger partial charge in [-0.3, -0.25) is 9.59 Å². The minimum absolute atomic E-state index is 0.00988. The zero-order chi connectivity index (χ0) is 19.3. The maximum Gasteiger partial charge on any atom is 0.240 e. The lowest BCUT2D eigenvalue weighted by Crippen LogP contribution is -2.46. The topological polar surface area (TPSA) is 88.3 Å². The van der Waals surface area contributed by atoms with Gasteiger partial charge in [0.1, 0.15) is 0 Å². The number of benzene rings is 1. The first kappa shape index (κ1) is 19.9. The Bertz CT molecular complexity index is 765. The molecule has 0 unspecified atom stereocenters. The van der Waals surface area contributed by atoms with Crippen molar-refractivity contribution >= 4 is 23.4 Å². The highest BCUT2D eigenvalue weighted by atomic mass is 35.5. The van der Waals surface area contributed by atoms with Crippen LogP contribution in [0.4, 0.5) is 0 Å². The number of hydrogen-bond acceptors (Lipinski definition) is 5. The van der Waals surface area contributed by atoms with Gasteiger partial charge in [-0.2, -0.15) is 4.98 Å². The largest absolute Gasteiger partial charge is 0.350 e. The molecule has 0 fully saturated rings. The van der Waals surface area contributed by atoms with Crippen LogP contribution >= 0.6 is 11.6 Å². The molecule has 8 heteroatoms. The minimum atomic E-state index is -0.331. The van der Waals surface area contributed by atoms with Crippen molar-refractivity contribution in [2.75, 3.05) is 13.6 Å². The zero-order valence-electron chi connectivity index (χ0n) is 15.4. The van der Waals surface area contributed by atoms with E-state index in [0.717, 1.165) is 5.56 Å². The number of amides is 2. The van der Waals surface area contributed by atoms with Crippen molar-refractivity contribution in [3.63, 3.8) is 0 Å². The predicted molar refractivity (Wildman–Crippen MR) is 98.6 cm³/mol. The molecule has 140 valence electrons. The minimum Gasteiger partial charge on any atom is -0.350 e. The lowest BCUT2D eigenvalue weighted by molar-refractivity contribution is -0.135. The molecule has 1 N–H and O–H groups in total. The summed E-state index contributed by atoms with van der Waals surface area (Å²) in [7, 11) is 1.59. The Morgan fingerprint density at radius 3 is 2.50 bits per heavy atom. The third kappa shape index (κ3) is 6.15. The molecule has 1 heterocycles. The monoisotopic (exact) mass is 378 g/mol. The first-order chi connectivity index (χ1) is 12.1. The molecule has 0 saturated heterocycles. The highest BCUT2D eigenvalue weighted by molar-refractivity contribution is 6.30. The fourth-order valence-corrected chi connectivity index (χ4v) is 2.36. The number of nitrogens with zero attached hydrogens (tertiary/aromatic N) is 3. The van der Waals surface area contributed by atoms with Crippen molar-refractivity contribution in [3.05, 3.63) is 35.2 Å². The number of rotatable bonds is 6. The summed E-state index contributed by atoms with van der Waals surface area (Å²) in [6.07, 6.45) is 0.492. The third-order valence-corrected chi connectivity index (χ3v) is 3.70. The molecule has 2 aromatic rings. The second kappa shape index (κ2) is 8.31. The van der Waals surface area contributed by atoms with Gasteiger partial charge in [0.25, 0.3) is 0 Å². The van der Waals surface area contributed by atoms with Crippen LogP contribution in [0.25, 0.3) is 11.4 Å². The average molecular weight is 379 g/mol. The number of halogens is 1. The highest BCUT2D eigenvalue weighted by Gasteiger charge is 2.18. The van der Waals surface area contributed by atoms with E-state index in [1.165, 1.54) is 4.90 Å². The van der Waals surface area contributed by atoms with Gasteiger partial charge >= 0.3 is 0 Å². The van der Waals surface area contributed by atoms with Gasteiger partial charge in [-0.25, -0.2) is 0 Å². The number of carbonyl (C=O) groups is 2. The van der Waals surface area contributed by atoms with Crippen molar-refractivity contribution in [3.8, 4) is 11.4 Å². The second-order valence-electron chi connectivity index (χ2n) is 7.07. The molecule has 0 spiro atoms. The van der Waals surface area contributed by atoms with Crippen LogP contribution in [0.2, 0.25) is 5.02 Å². The van der Waals surface area contributed by atoms with Crippen LogP contribution in [0.15, 0.2) is 28.8 Å². The van der Waals surface area contributed by atoms with Crippen molar-refractivity contribution in [2.24, 2.45) is 0 Å². The Balaban J connectivity index is 1.85. The molecule has 7 nitrogen and oxygen atoms in total. The summed E-state index contributed by atoms with van der Waals surface area (Å²) in [4.78, 5) is 29.7. The molecule has 0 aliphatic carbocycles. The van der Waals surface area contributed by atoms with Crippen molar-refractivity contribution in [2.45, 2.75) is 39.2 Å². The summed E-state index contributed by atoms with van der Waals surface area (Å²) < 4.78 is 5.18. The van der Waals surface area contributed by atoms with Crippen LogP contribution in [-0.4, -0.2) is 46.0 Å². The van der Waals surface area contributed by atoms with E-state index in [-0.39, 0.29) is 30.3 Å². The van der Waals surface area contributed by atoms with Gasteiger partial charge in [0, 0.05) is 36.0 Å². The molecule has 0 bridgehead atoms. The SMILES string of the molecule is CN(CC(=O)NC(C)(C)C)C(=O)CCc1nc(-c2ccc(Cl)cc2)no1. The summed E-state index contributed by atoms with van der Waals surface area (Å²) >= 11 is 5.85. The van der Waals surface area contributed by atoms with Gasteiger partial charge in [0.2, 0.25) is 23.5 Å². The maximum atomic E-state index is 12.2. The van der Waals surface area contributed by atoms with E-state index in [4.69, 9.17) is 16.1 Å². The Labute approximate surface area is 157 Å². The van der Waals surface area contributed by atoms with Gasteiger partial charge < -0.3 is 14.7 Å². The number of carbonyl (C=O) groups excluding carboxylic acids is 2. The first-order valence-electron chi connectivity index (χ1n) is 8.27. The van der Waals surface area contributed by atoms with E-state index in [0.29, 0.717) is 23.2 Å². The predicted octanol–water partition coefficient (Wildman–Crippen LogP) is 2.70. The molecular formula is C18H23ClN4O3. The fraction of sp³-hybridized carbons (Fsp3) is 0.444.